The third-order valence-corrected chi connectivity index (χ3v) is 2.81. The van der Waals surface area contributed by atoms with Gasteiger partial charge < -0.3 is 4.90 Å². The lowest BCUT2D eigenvalue weighted by Gasteiger charge is -2.23. The monoisotopic (exact) mass is 280 g/mol. The van der Waals surface area contributed by atoms with Crippen molar-refractivity contribution in [2.45, 2.75) is 26.7 Å². The van der Waals surface area contributed by atoms with Crippen molar-refractivity contribution in [1.29, 1.82) is 5.26 Å². The third kappa shape index (κ3) is 4.61. The Morgan fingerprint density at radius 1 is 1.40 bits per heavy atom. The van der Waals surface area contributed by atoms with Crippen molar-refractivity contribution >= 4 is 5.91 Å². The molecule has 0 aliphatic carbocycles. The Bertz CT molecular complexity index is 509. The predicted molar refractivity (Wildman–Crippen MR) is 71.7 cm³/mol. The first-order chi connectivity index (χ1) is 9.45. The number of carbonyl (C=O) groups excluding carboxylic acids is 1. The Kier molecular flexibility index (Phi) is 6.10. The van der Waals surface area contributed by atoms with Gasteiger partial charge in [-0.2, -0.15) is 5.26 Å². The average Bonchev–Trinajstić information content (AvgIpc) is 2.39. The fourth-order valence-electron chi connectivity index (χ4n) is 1.90. The number of benzene rings is 1. The number of halogens is 2. The molecule has 108 valence electrons. The zero-order valence-corrected chi connectivity index (χ0v) is 11.7. The number of nitrogens with zero attached hydrogens (tertiary/aromatic N) is 2. The van der Waals surface area contributed by atoms with Gasteiger partial charge in [-0.05, 0) is 12.0 Å². The van der Waals surface area contributed by atoms with E-state index in [2.05, 4.69) is 0 Å². The second kappa shape index (κ2) is 7.59. The summed E-state index contributed by atoms with van der Waals surface area (Å²) in [6.07, 6.45) is 0.0336. The highest BCUT2D eigenvalue weighted by molar-refractivity contribution is 5.78. The molecular weight excluding hydrogens is 262 g/mol. The summed E-state index contributed by atoms with van der Waals surface area (Å²) in [5.41, 5.74) is 0.0423. The Morgan fingerprint density at radius 3 is 2.70 bits per heavy atom. The van der Waals surface area contributed by atoms with E-state index in [9.17, 15) is 13.6 Å². The van der Waals surface area contributed by atoms with Crippen molar-refractivity contribution in [3.63, 3.8) is 0 Å². The van der Waals surface area contributed by atoms with Crippen LogP contribution in [0.15, 0.2) is 18.2 Å². The summed E-state index contributed by atoms with van der Waals surface area (Å²) in [6.45, 7) is 4.72. The van der Waals surface area contributed by atoms with Crippen LogP contribution in [0.1, 0.15) is 25.8 Å². The molecule has 0 saturated carbocycles. The molecule has 0 aliphatic heterocycles. The quantitative estimate of drug-likeness (QED) is 0.804. The summed E-state index contributed by atoms with van der Waals surface area (Å²) < 4.78 is 26.6. The highest BCUT2D eigenvalue weighted by Gasteiger charge is 2.18. The van der Waals surface area contributed by atoms with Crippen LogP contribution < -0.4 is 0 Å². The maximum Gasteiger partial charge on any atom is 0.227 e. The molecule has 1 rings (SSSR count). The molecule has 0 bridgehead atoms. The molecule has 0 saturated heterocycles. The molecule has 0 radical (unpaired) electrons. The van der Waals surface area contributed by atoms with Gasteiger partial charge in [0.25, 0.3) is 0 Å². The van der Waals surface area contributed by atoms with Gasteiger partial charge in [0.1, 0.15) is 0 Å². The summed E-state index contributed by atoms with van der Waals surface area (Å²) in [6, 6.07) is 5.78. The third-order valence-electron chi connectivity index (χ3n) is 2.81. The largest absolute Gasteiger partial charge is 0.341 e. The minimum atomic E-state index is -0.981. The van der Waals surface area contributed by atoms with Gasteiger partial charge in [-0.1, -0.05) is 26.0 Å². The summed E-state index contributed by atoms with van der Waals surface area (Å²) in [4.78, 5) is 13.7. The van der Waals surface area contributed by atoms with Crippen LogP contribution in [0.5, 0.6) is 0 Å². The van der Waals surface area contributed by atoms with E-state index in [1.807, 2.05) is 19.9 Å². The number of nitriles is 1. The minimum absolute atomic E-state index is 0.0423. The summed E-state index contributed by atoms with van der Waals surface area (Å²) >= 11 is 0. The fourth-order valence-corrected chi connectivity index (χ4v) is 1.90. The average molecular weight is 280 g/mol. The van der Waals surface area contributed by atoms with E-state index in [1.54, 1.807) is 0 Å². The molecule has 1 aromatic rings. The van der Waals surface area contributed by atoms with Crippen LogP contribution in [-0.2, 0) is 11.2 Å². The predicted octanol–water partition coefficient (Wildman–Crippen LogP) is 2.91. The van der Waals surface area contributed by atoms with E-state index >= 15 is 0 Å². The molecule has 0 spiro atoms. The molecule has 0 N–H and O–H groups in total. The van der Waals surface area contributed by atoms with Gasteiger partial charge in [0.15, 0.2) is 11.6 Å². The number of carbonyl (C=O) groups is 1. The number of hydrogen-bond donors (Lipinski definition) is 0. The van der Waals surface area contributed by atoms with Gasteiger partial charge in [-0.15, -0.1) is 0 Å². The summed E-state index contributed by atoms with van der Waals surface area (Å²) in [5.74, 6) is -1.98. The van der Waals surface area contributed by atoms with Gasteiger partial charge in [0.05, 0.1) is 18.9 Å². The van der Waals surface area contributed by atoms with Crippen molar-refractivity contribution in [2.24, 2.45) is 5.92 Å². The number of amides is 1. The first-order valence-corrected chi connectivity index (χ1v) is 6.53. The fraction of sp³-hybridized carbons (Fsp3) is 0.467. The van der Waals surface area contributed by atoms with Gasteiger partial charge in [0.2, 0.25) is 5.91 Å². The van der Waals surface area contributed by atoms with Crippen molar-refractivity contribution in [2.75, 3.05) is 13.1 Å². The van der Waals surface area contributed by atoms with Crippen LogP contribution in [0.4, 0.5) is 8.78 Å². The zero-order chi connectivity index (χ0) is 15.1. The number of rotatable bonds is 6. The molecule has 1 aromatic carbocycles. The molecule has 0 fully saturated rings. The molecule has 0 aromatic heterocycles. The van der Waals surface area contributed by atoms with Crippen LogP contribution in [0.2, 0.25) is 0 Å². The molecule has 1 amide bonds. The highest BCUT2D eigenvalue weighted by Crippen LogP contribution is 2.13. The molecule has 20 heavy (non-hydrogen) atoms. The van der Waals surface area contributed by atoms with Crippen molar-refractivity contribution in [3.8, 4) is 6.07 Å². The maximum atomic E-state index is 13.5. The van der Waals surface area contributed by atoms with Gasteiger partial charge in [-0.3, -0.25) is 4.79 Å². The van der Waals surface area contributed by atoms with Crippen molar-refractivity contribution in [3.05, 3.63) is 35.4 Å². The zero-order valence-electron chi connectivity index (χ0n) is 11.7. The normalized spacial score (nSPS) is 10.4. The first kappa shape index (κ1) is 16.1. The first-order valence-electron chi connectivity index (χ1n) is 6.53. The lowest BCUT2D eigenvalue weighted by atomic mass is 10.1. The smallest absolute Gasteiger partial charge is 0.227 e. The molecule has 0 unspecified atom stereocenters. The highest BCUT2D eigenvalue weighted by atomic mass is 19.2. The van der Waals surface area contributed by atoms with E-state index in [4.69, 9.17) is 5.26 Å². The van der Waals surface area contributed by atoms with E-state index in [1.165, 1.54) is 17.0 Å². The van der Waals surface area contributed by atoms with Crippen LogP contribution in [0, 0.1) is 28.9 Å². The summed E-state index contributed by atoms with van der Waals surface area (Å²) in [5, 5.41) is 8.60. The van der Waals surface area contributed by atoms with Crippen LogP contribution in [-0.4, -0.2) is 23.9 Å². The summed E-state index contributed by atoms with van der Waals surface area (Å²) in [7, 11) is 0. The van der Waals surface area contributed by atoms with Crippen LogP contribution >= 0.6 is 0 Å². The van der Waals surface area contributed by atoms with E-state index < -0.39 is 11.6 Å². The topological polar surface area (TPSA) is 44.1 Å². The molecule has 5 heteroatoms. The Labute approximate surface area is 117 Å². The number of hydrogen-bond acceptors (Lipinski definition) is 2. The van der Waals surface area contributed by atoms with E-state index in [-0.39, 0.29) is 30.2 Å². The van der Waals surface area contributed by atoms with Crippen molar-refractivity contribution < 1.29 is 13.6 Å². The van der Waals surface area contributed by atoms with E-state index in [0.717, 1.165) is 6.07 Å². The Balaban J connectivity index is 2.79. The minimum Gasteiger partial charge on any atom is -0.341 e. The van der Waals surface area contributed by atoms with E-state index in [0.29, 0.717) is 13.1 Å². The van der Waals surface area contributed by atoms with Gasteiger partial charge in [0, 0.05) is 18.7 Å². The van der Waals surface area contributed by atoms with Gasteiger partial charge in [-0.25, -0.2) is 8.78 Å². The van der Waals surface area contributed by atoms with Crippen LogP contribution in [0.3, 0.4) is 0 Å². The maximum absolute atomic E-state index is 13.5. The second-order valence-electron chi connectivity index (χ2n) is 5.03. The Hall–Kier alpha value is -1.96. The lowest BCUT2D eigenvalue weighted by Crippen LogP contribution is -2.36. The second-order valence-corrected chi connectivity index (χ2v) is 5.03. The molecule has 0 atom stereocenters. The molecular formula is C15H18F2N2O. The van der Waals surface area contributed by atoms with Gasteiger partial charge >= 0.3 is 0 Å². The standard InChI is InChI=1S/C15H18F2N2O/c1-11(2)10-19(8-4-7-18)14(20)9-12-5-3-6-13(16)15(12)17/h3,5-6,11H,4,8-10H2,1-2H3. The molecule has 0 heterocycles. The molecule has 0 aliphatic rings. The lowest BCUT2D eigenvalue weighted by molar-refractivity contribution is -0.131. The van der Waals surface area contributed by atoms with Crippen molar-refractivity contribution in [1.82, 2.24) is 4.90 Å². The molecule has 3 nitrogen and oxygen atoms in total. The Morgan fingerprint density at radius 2 is 2.10 bits per heavy atom. The SMILES string of the molecule is CC(C)CN(CCC#N)C(=O)Cc1cccc(F)c1F. The van der Waals surface area contributed by atoms with Crippen LogP contribution in [0.25, 0.3) is 0 Å².